The summed E-state index contributed by atoms with van der Waals surface area (Å²) in [4.78, 5) is 11.7. The lowest BCUT2D eigenvalue weighted by Crippen LogP contribution is -2.18. The molecule has 0 radical (unpaired) electrons. The third kappa shape index (κ3) is 4.00. The molecule has 0 aliphatic rings. The molecule has 0 fully saturated rings. The summed E-state index contributed by atoms with van der Waals surface area (Å²) in [7, 11) is 0. The number of carbonyl (C=O) groups is 1. The molecule has 0 amide bonds. The van der Waals surface area contributed by atoms with Gasteiger partial charge >= 0.3 is 5.97 Å². The van der Waals surface area contributed by atoms with E-state index < -0.39 is 5.97 Å². The lowest BCUT2D eigenvalue weighted by atomic mass is 10.1. The molecule has 3 nitrogen and oxygen atoms in total. The topological polar surface area (TPSA) is 35.5 Å². The average molecular weight is 291 g/mol. The van der Waals surface area contributed by atoms with Crippen LogP contribution in [0.1, 0.15) is 12.5 Å². The first kappa shape index (κ1) is 14.4. The molecule has 0 spiro atoms. The highest BCUT2D eigenvalue weighted by Crippen LogP contribution is 2.19. The SMILES string of the molecule is CCc1ccccc1OCC(=O)Oc1cccc(Cl)c1. The summed E-state index contributed by atoms with van der Waals surface area (Å²) in [6.07, 6.45) is 0.847. The molecule has 0 unspecified atom stereocenters. The lowest BCUT2D eigenvalue weighted by Gasteiger charge is -2.10. The Labute approximate surface area is 123 Å². The van der Waals surface area contributed by atoms with Crippen LogP contribution in [0.5, 0.6) is 11.5 Å². The second-order valence-corrected chi connectivity index (χ2v) is 4.62. The van der Waals surface area contributed by atoms with E-state index in [1.54, 1.807) is 24.3 Å². The highest BCUT2D eigenvalue weighted by atomic mass is 35.5. The number of hydrogen-bond donors (Lipinski definition) is 0. The number of halogens is 1. The number of ether oxygens (including phenoxy) is 2. The van der Waals surface area contributed by atoms with E-state index in [4.69, 9.17) is 21.1 Å². The highest BCUT2D eigenvalue weighted by Gasteiger charge is 2.08. The summed E-state index contributed by atoms with van der Waals surface area (Å²) in [6, 6.07) is 14.3. The fourth-order valence-corrected chi connectivity index (χ4v) is 1.95. The van der Waals surface area contributed by atoms with E-state index in [0.29, 0.717) is 16.5 Å². The van der Waals surface area contributed by atoms with E-state index in [9.17, 15) is 4.79 Å². The molecule has 4 heteroatoms. The van der Waals surface area contributed by atoms with Gasteiger partial charge in [0, 0.05) is 5.02 Å². The minimum atomic E-state index is -0.460. The molecule has 2 aromatic rings. The van der Waals surface area contributed by atoms with E-state index in [-0.39, 0.29) is 6.61 Å². The Morgan fingerprint density at radius 3 is 2.70 bits per heavy atom. The van der Waals surface area contributed by atoms with Crippen LogP contribution >= 0.6 is 11.6 Å². The third-order valence-corrected chi connectivity index (χ3v) is 2.96. The Morgan fingerprint density at radius 1 is 1.15 bits per heavy atom. The van der Waals surface area contributed by atoms with Crippen molar-refractivity contribution < 1.29 is 14.3 Å². The summed E-state index contributed by atoms with van der Waals surface area (Å²) >= 11 is 5.82. The number of hydrogen-bond acceptors (Lipinski definition) is 3. The van der Waals surface area contributed by atoms with Crippen LogP contribution in [0.15, 0.2) is 48.5 Å². The van der Waals surface area contributed by atoms with Gasteiger partial charge in [0.1, 0.15) is 11.5 Å². The van der Waals surface area contributed by atoms with Gasteiger partial charge in [-0.1, -0.05) is 42.8 Å². The van der Waals surface area contributed by atoms with Gasteiger partial charge in [0.15, 0.2) is 6.61 Å². The summed E-state index contributed by atoms with van der Waals surface area (Å²) in [5.74, 6) is 0.658. The van der Waals surface area contributed by atoms with Crippen molar-refractivity contribution in [3.05, 3.63) is 59.1 Å². The maximum atomic E-state index is 11.7. The quantitative estimate of drug-likeness (QED) is 0.619. The molecule has 104 valence electrons. The van der Waals surface area contributed by atoms with Crippen LogP contribution in [0.4, 0.5) is 0 Å². The van der Waals surface area contributed by atoms with Crippen LogP contribution in [-0.2, 0) is 11.2 Å². The first-order valence-corrected chi connectivity index (χ1v) is 6.74. The van der Waals surface area contributed by atoms with Crippen molar-refractivity contribution in [1.29, 1.82) is 0 Å². The number of rotatable bonds is 5. The first-order chi connectivity index (χ1) is 9.69. The fraction of sp³-hybridized carbons (Fsp3) is 0.188. The van der Waals surface area contributed by atoms with Crippen LogP contribution in [0, 0.1) is 0 Å². The van der Waals surface area contributed by atoms with Crippen molar-refractivity contribution in [1.82, 2.24) is 0 Å². The molecule has 2 aromatic carbocycles. The van der Waals surface area contributed by atoms with Crippen molar-refractivity contribution >= 4 is 17.6 Å². The summed E-state index contributed by atoms with van der Waals surface area (Å²) in [6.45, 7) is 1.90. The van der Waals surface area contributed by atoms with E-state index in [2.05, 4.69) is 0 Å². The molecule has 0 aromatic heterocycles. The Balaban J connectivity index is 1.92. The van der Waals surface area contributed by atoms with Gasteiger partial charge < -0.3 is 9.47 Å². The molecular weight excluding hydrogens is 276 g/mol. The van der Waals surface area contributed by atoms with E-state index >= 15 is 0 Å². The first-order valence-electron chi connectivity index (χ1n) is 6.36. The average Bonchev–Trinajstić information content (AvgIpc) is 2.45. The zero-order chi connectivity index (χ0) is 14.4. The predicted molar refractivity (Wildman–Crippen MR) is 78.4 cm³/mol. The second-order valence-electron chi connectivity index (χ2n) is 4.18. The molecule has 0 atom stereocenters. The molecule has 0 saturated carbocycles. The number of benzene rings is 2. The smallest absolute Gasteiger partial charge is 0.349 e. The number of carbonyl (C=O) groups excluding carboxylic acids is 1. The zero-order valence-corrected chi connectivity index (χ0v) is 11.9. The Kier molecular flexibility index (Phi) is 5.02. The number of esters is 1. The fourth-order valence-electron chi connectivity index (χ4n) is 1.76. The maximum absolute atomic E-state index is 11.7. The zero-order valence-electron chi connectivity index (χ0n) is 11.1. The Bertz CT molecular complexity index is 596. The minimum absolute atomic E-state index is 0.135. The molecule has 0 heterocycles. The van der Waals surface area contributed by atoms with Crippen molar-refractivity contribution in [2.24, 2.45) is 0 Å². The van der Waals surface area contributed by atoms with Gasteiger partial charge in [-0.05, 0) is 36.2 Å². The van der Waals surface area contributed by atoms with Crippen molar-refractivity contribution in [3.63, 3.8) is 0 Å². The molecule has 0 N–H and O–H groups in total. The van der Waals surface area contributed by atoms with E-state index in [1.165, 1.54) is 0 Å². The van der Waals surface area contributed by atoms with E-state index in [1.807, 2.05) is 31.2 Å². The standard InChI is InChI=1S/C16H15ClO3/c1-2-12-6-3-4-9-15(12)19-11-16(18)20-14-8-5-7-13(17)10-14/h3-10H,2,11H2,1H3. The van der Waals surface area contributed by atoms with Crippen LogP contribution in [0.3, 0.4) is 0 Å². The van der Waals surface area contributed by atoms with Gasteiger partial charge in [-0.15, -0.1) is 0 Å². The Morgan fingerprint density at radius 2 is 1.95 bits per heavy atom. The van der Waals surface area contributed by atoms with Gasteiger partial charge in [-0.2, -0.15) is 0 Å². The molecule has 0 bridgehead atoms. The summed E-state index contributed by atoms with van der Waals surface area (Å²) < 4.78 is 10.6. The van der Waals surface area contributed by atoms with Gasteiger partial charge in [-0.3, -0.25) is 0 Å². The molecule has 20 heavy (non-hydrogen) atoms. The van der Waals surface area contributed by atoms with E-state index in [0.717, 1.165) is 12.0 Å². The molecule has 0 aliphatic carbocycles. The second kappa shape index (κ2) is 6.96. The largest absolute Gasteiger partial charge is 0.482 e. The van der Waals surface area contributed by atoms with Crippen molar-refractivity contribution in [3.8, 4) is 11.5 Å². The monoisotopic (exact) mass is 290 g/mol. The Hall–Kier alpha value is -2.00. The third-order valence-electron chi connectivity index (χ3n) is 2.73. The van der Waals surface area contributed by atoms with Crippen LogP contribution in [0.2, 0.25) is 5.02 Å². The minimum Gasteiger partial charge on any atom is -0.482 e. The summed E-state index contributed by atoms with van der Waals surface area (Å²) in [5, 5.41) is 0.521. The number of aryl methyl sites for hydroxylation is 1. The molecule has 2 rings (SSSR count). The van der Waals surface area contributed by atoms with Crippen molar-refractivity contribution in [2.45, 2.75) is 13.3 Å². The van der Waals surface area contributed by atoms with Crippen LogP contribution in [-0.4, -0.2) is 12.6 Å². The molecule has 0 aliphatic heterocycles. The van der Waals surface area contributed by atoms with Gasteiger partial charge in [0.05, 0.1) is 0 Å². The lowest BCUT2D eigenvalue weighted by molar-refractivity contribution is -0.136. The maximum Gasteiger partial charge on any atom is 0.349 e. The van der Waals surface area contributed by atoms with Gasteiger partial charge in [0.2, 0.25) is 0 Å². The van der Waals surface area contributed by atoms with Crippen LogP contribution in [0.25, 0.3) is 0 Å². The van der Waals surface area contributed by atoms with Gasteiger partial charge in [0.25, 0.3) is 0 Å². The normalized spacial score (nSPS) is 10.1. The number of para-hydroxylation sites is 1. The van der Waals surface area contributed by atoms with Crippen LogP contribution < -0.4 is 9.47 Å². The molecular formula is C16H15ClO3. The summed E-state index contributed by atoms with van der Waals surface area (Å²) in [5.41, 5.74) is 1.06. The highest BCUT2D eigenvalue weighted by molar-refractivity contribution is 6.30. The van der Waals surface area contributed by atoms with Gasteiger partial charge in [-0.25, -0.2) is 4.79 Å². The van der Waals surface area contributed by atoms with Crippen molar-refractivity contribution in [2.75, 3.05) is 6.61 Å². The predicted octanol–water partition coefficient (Wildman–Crippen LogP) is 3.89. The molecule has 0 saturated heterocycles.